The number of nitrogens with one attached hydrogen (secondary N) is 3. The van der Waals surface area contributed by atoms with Gasteiger partial charge in [0.25, 0.3) is 21.8 Å². The predicted octanol–water partition coefficient (Wildman–Crippen LogP) is -1.06. The Morgan fingerprint density at radius 2 is 1.88 bits per heavy atom. The maximum Gasteiger partial charge on any atom is 0.306 e. The van der Waals surface area contributed by atoms with Crippen LogP contribution < -0.4 is 15.4 Å². The van der Waals surface area contributed by atoms with Crippen LogP contribution in [0.5, 0.6) is 0 Å². The summed E-state index contributed by atoms with van der Waals surface area (Å²) in [5, 5.41) is 12.9. The third kappa shape index (κ3) is 7.04. The van der Waals surface area contributed by atoms with Crippen molar-refractivity contribution in [3.63, 3.8) is 0 Å². The number of carboxylic acid groups (broad SMARTS) is 1. The molecule has 2 amide bonds. The number of esters is 1. The van der Waals surface area contributed by atoms with Crippen LogP contribution in [0, 0.1) is 0 Å². The minimum atomic E-state index is -4.44. The number of aliphatic carboxylic acids is 1. The molecule has 0 saturated heterocycles. The molecule has 13 nitrogen and oxygen atoms in total. The molecule has 0 radical (unpaired) electrons. The molecular weight excluding hydrogens is 514 g/mol. The van der Waals surface area contributed by atoms with Gasteiger partial charge in [0.2, 0.25) is 0 Å². The Balaban J connectivity index is 1.95. The van der Waals surface area contributed by atoms with Crippen LogP contribution in [0.4, 0.5) is 0 Å². The van der Waals surface area contributed by atoms with Crippen molar-refractivity contribution >= 4 is 55.4 Å². The lowest BCUT2D eigenvalue weighted by molar-refractivity contribution is -0.150. The van der Waals surface area contributed by atoms with Gasteiger partial charge in [0.05, 0.1) is 30.7 Å². The number of carbonyl (C=O) groups is 4. The van der Waals surface area contributed by atoms with E-state index in [0.717, 1.165) is 0 Å². The Morgan fingerprint density at radius 3 is 2.50 bits per heavy atom. The van der Waals surface area contributed by atoms with E-state index in [9.17, 15) is 36.0 Å². The van der Waals surface area contributed by atoms with Crippen molar-refractivity contribution in [1.29, 1.82) is 0 Å². The highest BCUT2D eigenvalue weighted by molar-refractivity contribution is 8.28. The lowest BCUT2D eigenvalue weighted by Crippen LogP contribution is -2.41. The molecule has 2 heterocycles. The van der Waals surface area contributed by atoms with E-state index in [1.165, 1.54) is 6.08 Å². The van der Waals surface area contributed by atoms with Crippen molar-refractivity contribution in [3.8, 4) is 0 Å². The van der Waals surface area contributed by atoms with Crippen LogP contribution in [-0.2, 0) is 43.8 Å². The number of hydrogen-bond acceptors (Lipinski definition) is 11. The molecule has 2 rings (SSSR count). The molecule has 0 aromatic heterocycles. The monoisotopic (exact) mass is 539 g/mol. The Bertz CT molecular complexity index is 1140. The molecule has 190 valence electrons. The fraction of sp³-hybridized carbons (Fsp3) is 0.556. The number of amides is 2. The summed E-state index contributed by atoms with van der Waals surface area (Å²) < 4.78 is 56.6. The van der Waals surface area contributed by atoms with Gasteiger partial charge in [-0.2, -0.15) is 0 Å². The van der Waals surface area contributed by atoms with Gasteiger partial charge in [0.1, 0.15) is 8.47 Å². The summed E-state index contributed by atoms with van der Waals surface area (Å²) >= 11 is 0.557. The summed E-state index contributed by atoms with van der Waals surface area (Å²) in [6.07, 6.45) is 0.702. The standard InChI is InChI=1S/C18H25N3O10S3/c1-3-19-12-7-17(32-18-11(12)6-10(2)33(18,27)28)34(29,30)21-13(22)8-20-14(23)9-31-16(26)5-4-15(24)25/h7,10,12,19H,3-6,8-9H2,1-2H3,(H,20,23)(H,21,22)(H,24,25)/t10-,12-/m0/s1. The van der Waals surface area contributed by atoms with E-state index in [4.69, 9.17) is 5.11 Å². The van der Waals surface area contributed by atoms with Gasteiger partial charge in [0, 0.05) is 0 Å². The van der Waals surface area contributed by atoms with Crippen LogP contribution in [0.1, 0.15) is 33.1 Å². The second-order valence-electron chi connectivity index (χ2n) is 7.36. The zero-order valence-corrected chi connectivity index (χ0v) is 20.8. The van der Waals surface area contributed by atoms with E-state index in [2.05, 4.69) is 15.4 Å². The van der Waals surface area contributed by atoms with Gasteiger partial charge in [-0.1, -0.05) is 18.7 Å². The molecule has 0 fully saturated rings. The Morgan fingerprint density at radius 1 is 1.21 bits per heavy atom. The topological polar surface area (TPSA) is 202 Å². The van der Waals surface area contributed by atoms with Gasteiger partial charge in [-0.25, -0.2) is 21.6 Å². The second kappa shape index (κ2) is 11.3. The smallest absolute Gasteiger partial charge is 0.306 e. The van der Waals surface area contributed by atoms with E-state index in [-0.39, 0.29) is 14.9 Å². The van der Waals surface area contributed by atoms with E-state index in [1.807, 2.05) is 0 Å². The lowest BCUT2D eigenvalue weighted by Gasteiger charge is -2.23. The largest absolute Gasteiger partial charge is 0.481 e. The first-order valence-corrected chi connectivity index (χ1v) is 13.9. The van der Waals surface area contributed by atoms with Crippen molar-refractivity contribution in [2.24, 2.45) is 0 Å². The van der Waals surface area contributed by atoms with Gasteiger partial charge in [0.15, 0.2) is 16.4 Å². The number of hydrogen-bond donors (Lipinski definition) is 4. The summed E-state index contributed by atoms with van der Waals surface area (Å²) in [4.78, 5) is 45.4. The first kappa shape index (κ1) is 27.8. The maximum absolute atomic E-state index is 12.7. The van der Waals surface area contributed by atoms with Crippen molar-refractivity contribution < 1.29 is 45.9 Å². The normalized spacial score (nSPS) is 21.3. The molecule has 2 aliphatic rings. The van der Waals surface area contributed by atoms with E-state index in [1.54, 1.807) is 18.6 Å². The zero-order chi connectivity index (χ0) is 25.7. The molecule has 0 saturated carbocycles. The highest BCUT2D eigenvalue weighted by atomic mass is 32.3. The maximum atomic E-state index is 12.7. The van der Waals surface area contributed by atoms with Gasteiger partial charge < -0.3 is 20.5 Å². The first-order valence-electron chi connectivity index (χ1n) is 10.1. The number of carboxylic acids is 1. The predicted molar refractivity (Wildman–Crippen MR) is 121 cm³/mol. The average molecular weight is 540 g/mol. The number of ether oxygens (including phenoxy) is 1. The zero-order valence-electron chi connectivity index (χ0n) is 18.3. The van der Waals surface area contributed by atoms with E-state index < -0.39 is 80.9 Å². The highest BCUT2D eigenvalue weighted by Gasteiger charge is 2.43. The molecule has 0 spiro atoms. The molecule has 16 heteroatoms. The lowest BCUT2D eigenvalue weighted by atomic mass is 10.0. The molecule has 34 heavy (non-hydrogen) atoms. The molecule has 2 atom stereocenters. The summed E-state index contributed by atoms with van der Waals surface area (Å²) in [6.45, 7) is 2.23. The Labute approximate surface area is 200 Å². The molecular formula is C18H25N3O10S3. The Hall–Kier alpha value is -2.43. The Kier molecular flexibility index (Phi) is 9.27. The van der Waals surface area contributed by atoms with Gasteiger partial charge in [-0.3, -0.25) is 19.2 Å². The van der Waals surface area contributed by atoms with Crippen molar-refractivity contribution in [2.45, 2.75) is 44.4 Å². The van der Waals surface area contributed by atoms with E-state index in [0.29, 0.717) is 23.9 Å². The van der Waals surface area contributed by atoms with Crippen molar-refractivity contribution in [2.75, 3.05) is 19.7 Å². The molecule has 0 aromatic rings. The number of rotatable bonds is 11. The quantitative estimate of drug-likeness (QED) is 0.232. The number of thioether (sulfide) groups is 1. The minimum Gasteiger partial charge on any atom is -0.481 e. The third-order valence-corrected chi connectivity index (χ3v) is 10.5. The third-order valence-electron chi connectivity index (χ3n) is 4.72. The van der Waals surface area contributed by atoms with Crippen LogP contribution >= 0.6 is 11.8 Å². The average Bonchev–Trinajstić information content (AvgIpc) is 2.98. The summed E-state index contributed by atoms with van der Waals surface area (Å²) in [5.74, 6) is -4.15. The van der Waals surface area contributed by atoms with Crippen LogP contribution in [0.25, 0.3) is 0 Å². The molecule has 4 N–H and O–H groups in total. The fourth-order valence-electron chi connectivity index (χ4n) is 3.05. The summed E-state index contributed by atoms with van der Waals surface area (Å²) in [5.41, 5.74) is 0.579. The number of likely N-dealkylation sites (N-methyl/N-ethyl adjacent to an activating group) is 1. The van der Waals surface area contributed by atoms with Crippen molar-refractivity contribution in [1.82, 2.24) is 15.4 Å². The van der Waals surface area contributed by atoms with Crippen LogP contribution in [0.15, 0.2) is 20.1 Å². The second-order valence-corrected chi connectivity index (χ2v) is 12.9. The highest BCUT2D eigenvalue weighted by Crippen LogP contribution is 2.47. The van der Waals surface area contributed by atoms with Crippen LogP contribution in [0.3, 0.4) is 0 Å². The number of sulfonamides is 1. The van der Waals surface area contributed by atoms with Crippen LogP contribution in [-0.4, -0.2) is 76.7 Å². The minimum absolute atomic E-state index is 0.0423. The van der Waals surface area contributed by atoms with Gasteiger partial charge >= 0.3 is 11.9 Å². The van der Waals surface area contributed by atoms with Crippen LogP contribution in [0.2, 0.25) is 0 Å². The summed E-state index contributed by atoms with van der Waals surface area (Å²) in [6, 6.07) is -0.627. The molecule has 0 aliphatic carbocycles. The van der Waals surface area contributed by atoms with Gasteiger partial charge in [-0.15, -0.1) is 0 Å². The molecule has 2 aliphatic heterocycles. The SMILES string of the molecule is CCN[C@H]1C=C(S(=O)(=O)NC(=O)CNC(=O)COC(=O)CCC(=O)O)SC2=C1C[C@H](C)S2(=O)=O. The fourth-order valence-corrected chi connectivity index (χ4v) is 8.10. The van der Waals surface area contributed by atoms with E-state index >= 15 is 0 Å². The summed E-state index contributed by atoms with van der Waals surface area (Å²) in [7, 11) is -8.12. The molecule has 0 aromatic carbocycles. The number of carbonyl (C=O) groups excluding carboxylic acids is 3. The molecule has 0 bridgehead atoms. The van der Waals surface area contributed by atoms with Crippen molar-refractivity contribution in [3.05, 3.63) is 20.1 Å². The van der Waals surface area contributed by atoms with Gasteiger partial charge in [-0.05, 0) is 31.5 Å². The number of sulfone groups is 1. The first-order chi connectivity index (χ1) is 15.8. The molecule has 0 unspecified atom stereocenters.